The predicted molar refractivity (Wildman–Crippen MR) is 79.3 cm³/mol. The van der Waals surface area contributed by atoms with Crippen molar-refractivity contribution in [3.63, 3.8) is 0 Å². The Bertz CT molecular complexity index is 616. The van der Waals surface area contributed by atoms with Crippen LogP contribution in [0.1, 0.15) is 29.4 Å². The van der Waals surface area contributed by atoms with Crippen LogP contribution in [0.3, 0.4) is 0 Å². The van der Waals surface area contributed by atoms with Crippen LogP contribution in [0, 0.1) is 0 Å². The van der Waals surface area contributed by atoms with Crippen LogP contribution in [0.15, 0.2) is 18.6 Å². The molecule has 0 aliphatic heterocycles. The predicted octanol–water partition coefficient (Wildman–Crippen LogP) is 2.12. The highest BCUT2D eigenvalue weighted by molar-refractivity contribution is 7.17. The molecule has 0 radical (unpaired) electrons. The lowest BCUT2D eigenvalue weighted by Gasteiger charge is -2.17. The molecule has 0 unspecified atom stereocenters. The third-order valence-corrected chi connectivity index (χ3v) is 4.10. The summed E-state index contributed by atoms with van der Waals surface area (Å²) in [6, 6.07) is 0.546. The standard InChI is InChI=1S/C13H17N5OS/c1-3-18(10-6-15-17(2)8-10)12(19)11-7-14-13(20-11)16-9-4-5-9/h6-9H,3-5H2,1-2H3,(H,14,16). The third-order valence-electron chi connectivity index (χ3n) is 3.19. The Hall–Kier alpha value is -1.89. The van der Waals surface area contributed by atoms with Gasteiger partial charge < -0.3 is 10.2 Å². The summed E-state index contributed by atoms with van der Waals surface area (Å²) in [7, 11) is 1.84. The summed E-state index contributed by atoms with van der Waals surface area (Å²) in [5.41, 5.74) is 0.810. The number of nitrogens with one attached hydrogen (secondary N) is 1. The molecule has 0 bridgehead atoms. The topological polar surface area (TPSA) is 63.1 Å². The Balaban J connectivity index is 1.77. The number of hydrogen-bond donors (Lipinski definition) is 1. The highest BCUT2D eigenvalue weighted by atomic mass is 32.1. The number of anilines is 2. The van der Waals surface area contributed by atoms with Gasteiger partial charge in [0.2, 0.25) is 0 Å². The molecule has 1 N–H and O–H groups in total. The van der Waals surface area contributed by atoms with Gasteiger partial charge in [0, 0.05) is 25.8 Å². The fourth-order valence-corrected chi connectivity index (χ4v) is 2.81. The molecule has 2 aromatic heterocycles. The summed E-state index contributed by atoms with van der Waals surface area (Å²) in [6.45, 7) is 2.56. The van der Waals surface area contributed by atoms with Crippen molar-refractivity contribution in [2.75, 3.05) is 16.8 Å². The Morgan fingerprint density at radius 3 is 2.95 bits per heavy atom. The number of rotatable bonds is 5. The fraction of sp³-hybridized carbons (Fsp3) is 0.462. The van der Waals surface area contributed by atoms with Crippen LogP contribution in [-0.2, 0) is 7.05 Å². The smallest absolute Gasteiger partial charge is 0.270 e. The Labute approximate surface area is 121 Å². The Morgan fingerprint density at radius 1 is 1.55 bits per heavy atom. The van der Waals surface area contributed by atoms with E-state index >= 15 is 0 Å². The average molecular weight is 291 g/mol. The zero-order valence-corrected chi connectivity index (χ0v) is 12.4. The molecule has 0 aromatic carbocycles. The van der Waals surface area contributed by atoms with Gasteiger partial charge in [0.25, 0.3) is 5.91 Å². The molecule has 0 saturated heterocycles. The van der Waals surface area contributed by atoms with E-state index in [1.54, 1.807) is 22.0 Å². The minimum atomic E-state index is -0.0261. The molecule has 2 heterocycles. The second-order valence-corrected chi connectivity index (χ2v) is 5.90. The molecule has 20 heavy (non-hydrogen) atoms. The zero-order valence-electron chi connectivity index (χ0n) is 11.5. The highest BCUT2D eigenvalue weighted by Crippen LogP contribution is 2.28. The van der Waals surface area contributed by atoms with Gasteiger partial charge in [0.1, 0.15) is 4.88 Å². The quantitative estimate of drug-likeness (QED) is 0.916. The number of amides is 1. The molecule has 1 aliphatic rings. The third kappa shape index (κ3) is 2.67. The second-order valence-electron chi connectivity index (χ2n) is 4.87. The largest absolute Gasteiger partial charge is 0.359 e. The van der Waals surface area contributed by atoms with E-state index in [-0.39, 0.29) is 5.91 Å². The van der Waals surface area contributed by atoms with Gasteiger partial charge in [0.15, 0.2) is 5.13 Å². The van der Waals surface area contributed by atoms with Gasteiger partial charge in [-0.05, 0) is 19.8 Å². The van der Waals surface area contributed by atoms with E-state index in [2.05, 4.69) is 15.4 Å². The summed E-state index contributed by atoms with van der Waals surface area (Å²) in [5.74, 6) is -0.0261. The van der Waals surface area contributed by atoms with Crippen LogP contribution in [0.2, 0.25) is 0 Å². The van der Waals surface area contributed by atoms with E-state index in [4.69, 9.17) is 0 Å². The minimum Gasteiger partial charge on any atom is -0.359 e. The molecular weight excluding hydrogens is 274 g/mol. The molecule has 1 saturated carbocycles. The number of carbonyl (C=O) groups is 1. The van der Waals surface area contributed by atoms with Gasteiger partial charge in [-0.15, -0.1) is 0 Å². The fourth-order valence-electron chi connectivity index (χ4n) is 1.97. The number of aromatic nitrogens is 3. The summed E-state index contributed by atoms with van der Waals surface area (Å²) in [4.78, 5) is 19.2. The van der Waals surface area contributed by atoms with Gasteiger partial charge in [0.05, 0.1) is 18.1 Å². The number of aryl methyl sites for hydroxylation is 1. The van der Waals surface area contributed by atoms with Gasteiger partial charge >= 0.3 is 0 Å². The summed E-state index contributed by atoms with van der Waals surface area (Å²) < 4.78 is 1.69. The van der Waals surface area contributed by atoms with Crippen molar-refractivity contribution in [2.24, 2.45) is 7.05 Å². The van der Waals surface area contributed by atoms with Crippen molar-refractivity contribution >= 4 is 28.1 Å². The van der Waals surface area contributed by atoms with E-state index in [1.165, 1.54) is 24.2 Å². The Morgan fingerprint density at radius 2 is 2.35 bits per heavy atom. The molecular formula is C13H17N5OS. The first-order valence-corrected chi connectivity index (χ1v) is 7.52. The Kier molecular flexibility index (Phi) is 3.43. The van der Waals surface area contributed by atoms with E-state index in [9.17, 15) is 4.79 Å². The lowest BCUT2D eigenvalue weighted by molar-refractivity contribution is 0.0992. The first-order chi connectivity index (χ1) is 9.67. The van der Waals surface area contributed by atoms with Crippen molar-refractivity contribution in [2.45, 2.75) is 25.8 Å². The number of thiazole rings is 1. The van der Waals surface area contributed by atoms with Crippen LogP contribution in [-0.4, -0.2) is 33.3 Å². The summed E-state index contributed by atoms with van der Waals surface area (Å²) in [5, 5.41) is 8.26. The summed E-state index contributed by atoms with van der Waals surface area (Å²) >= 11 is 1.41. The van der Waals surface area contributed by atoms with Crippen molar-refractivity contribution in [1.82, 2.24) is 14.8 Å². The molecule has 6 nitrogen and oxygen atoms in total. The first-order valence-electron chi connectivity index (χ1n) is 6.70. The van der Waals surface area contributed by atoms with Gasteiger partial charge in [-0.3, -0.25) is 9.48 Å². The average Bonchev–Trinajstić information content (AvgIpc) is 2.94. The lowest BCUT2D eigenvalue weighted by atomic mass is 10.4. The van der Waals surface area contributed by atoms with Crippen molar-refractivity contribution in [1.29, 1.82) is 0 Å². The molecule has 0 spiro atoms. The monoisotopic (exact) mass is 291 g/mol. The number of carbonyl (C=O) groups excluding carboxylic acids is 1. The highest BCUT2D eigenvalue weighted by Gasteiger charge is 2.24. The van der Waals surface area contributed by atoms with Crippen LogP contribution in [0.4, 0.5) is 10.8 Å². The van der Waals surface area contributed by atoms with E-state index in [1.807, 2.05) is 20.2 Å². The maximum atomic E-state index is 12.5. The van der Waals surface area contributed by atoms with Crippen LogP contribution in [0.25, 0.3) is 0 Å². The molecule has 106 valence electrons. The molecule has 2 aromatic rings. The second kappa shape index (κ2) is 5.24. The van der Waals surface area contributed by atoms with Crippen molar-refractivity contribution in [3.8, 4) is 0 Å². The van der Waals surface area contributed by atoms with Gasteiger partial charge in [-0.25, -0.2) is 4.98 Å². The molecule has 3 rings (SSSR count). The lowest BCUT2D eigenvalue weighted by Crippen LogP contribution is -2.29. The molecule has 7 heteroatoms. The van der Waals surface area contributed by atoms with Gasteiger partial charge in [-0.2, -0.15) is 5.10 Å². The molecule has 1 fully saturated rings. The van der Waals surface area contributed by atoms with Crippen LogP contribution >= 0.6 is 11.3 Å². The van der Waals surface area contributed by atoms with Crippen LogP contribution in [0.5, 0.6) is 0 Å². The number of nitrogens with zero attached hydrogens (tertiary/aromatic N) is 4. The molecule has 0 atom stereocenters. The maximum Gasteiger partial charge on any atom is 0.270 e. The SMILES string of the molecule is CCN(C(=O)c1cnc(NC2CC2)s1)c1cnn(C)c1. The van der Waals surface area contributed by atoms with Crippen molar-refractivity contribution < 1.29 is 4.79 Å². The molecule has 1 aliphatic carbocycles. The van der Waals surface area contributed by atoms with Gasteiger partial charge in [-0.1, -0.05) is 11.3 Å². The first kappa shape index (κ1) is 13.1. The maximum absolute atomic E-state index is 12.5. The van der Waals surface area contributed by atoms with Crippen LogP contribution < -0.4 is 10.2 Å². The van der Waals surface area contributed by atoms with E-state index < -0.39 is 0 Å². The van der Waals surface area contributed by atoms with Crippen molar-refractivity contribution in [3.05, 3.63) is 23.5 Å². The number of hydrogen-bond acceptors (Lipinski definition) is 5. The van der Waals surface area contributed by atoms with E-state index in [0.29, 0.717) is 17.5 Å². The zero-order chi connectivity index (χ0) is 14.1. The molecule has 1 amide bonds. The van der Waals surface area contributed by atoms with E-state index in [0.717, 1.165) is 10.8 Å². The normalized spacial score (nSPS) is 14.3. The summed E-state index contributed by atoms with van der Waals surface area (Å²) in [6.07, 6.45) is 7.58. The minimum absolute atomic E-state index is 0.0261.